The van der Waals surface area contributed by atoms with Crippen molar-refractivity contribution in [3.63, 3.8) is 0 Å². The summed E-state index contributed by atoms with van der Waals surface area (Å²) in [7, 11) is 3.01. The van der Waals surface area contributed by atoms with Gasteiger partial charge in [0.05, 0.1) is 0 Å². The van der Waals surface area contributed by atoms with E-state index in [9.17, 15) is 13.2 Å². The summed E-state index contributed by atoms with van der Waals surface area (Å²) in [5, 5.41) is 9.17. The van der Waals surface area contributed by atoms with Gasteiger partial charge in [-0.15, -0.1) is 0 Å². The van der Waals surface area contributed by atoms with E-state index >= 15 is 0 Å². The molecule has 0 saturated carbocycles. The topological polar surface area (TPSA) is 26.7 Å². The van der Waals surface area contributed by atoms with E-state index in [1.807, 2.05) is 13.1 Å². The summed E-state index contributed by atoms with van der Waals surface area (Å²) in [6, 6.07) is 0. The first kappa shape index (κ1) is 16.0. The van der Waals surface area contributed by atoms with Crippen molar-refractivity contribution in [2.24, 2.45) is 5.92 Å². The quantitative estimate of drug-likeness (QED) is 0.635. The van der Waals surface area contributed by atoms with Crippen LogP contribution in [0.1, 0.15) is 19.8 Å². The number of hydroxylamine groups is 2. The molecule has 0 amide bonds. The van der Waals surface area contributed by atoms with Crippen LogP contribution in [0.2, 0.25) is 0 Å². The van der Waals surface area contributed by atoms with Gasteiger partial charge in [0, 0.05) is 7.05 Å². The molecule has 1 saturated heterocycles. The summed E-state index contributed by atoms with van der Waals surface area (Å²) in [6.07, 6.45) is 0.210. The number of halogens is 3. The molecule has 1 aliphatic rings. The summed E-state index contributed by atoms with van der Waals surface area (Å²) in [5.41, 5.74) is -0.517. The summed E-state index contributed by atoms with van der Waals surface area (Å²) >= 11 is 0. The zero-order valence-electron chi connectivity index (χ0n) is 11.5. The highest BCUT2D eigenvalue weighted by atomic mass is 19.4. The van der Waals surface area contributed by atoms with E-state index in [1.54, 1.807) is 6.92 Å². The Morgan fingerprint density at radius 1 is 1.32 bits per heavy atom. The summed E-state index contributed by atoms with van der Waals surface area (Å²) < 4.78 is 38.0. The van der Waals surface area contributed by atoms with Crippen molar-refractivity contribution in [1.82, 2.24) is 9.96 Å². The molecule has 1 heterocycles. The first-order valence-corrected chi connectivity index (χ1v) is 6.28. The Hall–Kier alpha value is -1.01. The smallest absolute Gasteiger partial charge is 0.306 e. The zero-order valence-corrected chi connectivity index (χ0v) is 11.5. The van der Waals surface area contributed by atoms with Gasteiger partial charge in [-0.25, -0.2) is 0 Å². The second-order valence-electron chi connectivity index (χ2n) is 5.10. The lowest BCUT2D eigenvalue weighted by atomic mass is 9.95. The highest BCUT2D eigenvalue weighted by molar-refractivity contribution is 5.23. The minimum absolute atomic E-state index is 0.117. The van der Waals surface area contributed by atoms with Gasteiger partial charge in [0.2, 0.25) is 0 Å². The average molecular weight is 278 g/mol. The van der Waals surface area contributed by atoms with Crippen LogP contribution in [0.25, 0.3) is 0 Å². The summed E-state index contributed by atoms with van der Waals surface area (Å²) in [4.78, 5) is 2.21. The second kappa shape index (κ2) is 6.43. The molecular formula is C13H21F3N2O. The third kappa shape index (κ3) is 5.24. The first-order chi connectivity index (χ1) is 8.70. The molecule has 6 heteroatoms. The lowest BCUT2D eigenvalue weighted by Gasteiger charge is -2.27. The maximum Gasteiger partial charge on any atom is 0.433 e. The monoisotopic (exact) mass is 278 g/mol. The average Bonchev–Trinajstić information content (AvgIpc) is 2.27. The molecule has 1 rings (SSSR count). The van der Waals surface area contributed by atoms with E-state index in [4.69, 9.17) is 5.21 Å². The van der Waals surface area contributed by atoms with Gasteiger partial charge in [0.25, 0.3) is 0 Å². The van der Waals surface area contributed by atoms with E-state index in [0.29, 0.717) is 11.5 Å². The summed E-state index contributed by atoms with van der Waals surface area (Å²) in [6.45, 7) is 3.56. The third-order valence-corrected chi connectivity index (χ3v) is 3.27. The lowest BCUT2D eigenvalue weighted by molar-refractivity contribution is -0.155. The van der Waals surface area contributed by atoms with Crippen molar-refractivity contribution >= 4 is 0 Å². The van der Waals surface area contributed by atoms with Crippen LogP contribution in [0.4, 0.5) is 13.2 Å². The standard InChI is InChI=1S/C13H21F3N2O/c1-10(8-11-4-6-17(2)7-5-11)9-12(18(3)19)13(14,15)16/h8-9,11,19H,4-7H2,1-3H3/b10-8-,12-9-. The molecule has 0 aliphatic carbocycles. The van der Waals surface area contributed by atoms with Gasteiger partial charge in [-0.1, -0.05) is 11.6 Å². The molecular weight excluding hydrogens is 257 g/mol. The highest BCUT2D eigenvalue weighted by Gasteiger charge is 2.36. The first-order valence-electron chi connectivity index (χ1n) is 6.28. The third-order valence-electron chi connectivity index (χ3n) is 3.27. The number of alkyl halides is 3. The molecule has 110 valence electrons. The Balaban J connectivity index is 2.78. The van der Waals surface area contributed by atoms with Gasteiger partial charge in [-0.05, 0) is 51.9 Å². The normalized spacial score (nSPS) is 20.8. The molecule has 0 aromatic rings. The number of likely N-dealkylation sites (tertiary alicyclic amines) is 1. The molecule has 3 nitrogen and oxygen atoms in total. The molecule has 0 bridgehead atoms. The van der Waals surface area contributed by atoms with Gasteiger partial charge < -0.3 is 4.90 Å². The van der Waals surface area contributed by atoms with Crippen LogP contribution in [0, 0.1) is 5.92 Å². The lowest BCUT2D eigenvalue weighted by Crippen LogP contribution is -2.29. The number of nitrogens with zero attached hydrogens (tertiary/aromatic N) is 2. The van der Waals surface area contributed by atoms with Gasteiger partial charge in [-0.2, -0.15) is 13.2 Å². The van der Waals surface area contributed by atoms with Crippen LogP contribution in [0.3, 0.4) is 0 Å². The maximum atomic E-state index is 12.7. The largest absolute Gasteiger partial charge is 0.433 e. The number of hydrogen-bond donors (Lipinski definition) is 1. The molecule has 0 unspecified atom stereocenters. The molecule has 19 heavy (non-hydrogen) atoms. The fourth-order valence-corrected chi connectivity index (χ4v) is 2.19. The number of rotatable bonds is 3. The Morgan fingerprint density at radius 3 is 2.26 bits per heavy atom. The van der Waals surface area contributed by atoms with Gasteiger partial charge in [0.1, 0.15) is 5.70 Å². The van der Waals surface area contributed by atoms with Crippen LogP contribution in [0.5, 0.6) is 0 Å². The van der Waals surface area contributed by atoms with E-state index < -0.39 is 11.9 Å². The highest BCUT2D eigenvalue weighted by Crippen LogP contribution is 2.28. The molecule has 1 fully saturated rings. The van der Waals surface area contributed by atoms with Crippen molar-refractivity contribution in [2.75, 3.05) is 27.2 Å². The van der Waals surface area contributed by atoms with Crippen LogP contribution in [-0.2, 0) is 0 Å². The second-order valence-corrected chi connectivity index (χ2v) is 5.10. The van der Waals surface area contributed by atoms with Gasteiger partial charge in [0.15, 0.2) is 0 Å². The van der Waals surface area contributed by atoms with Crippen LogP contribution < -0.4 is 0 Å². The SMILES string of the molecule is CC(=C/C1CCN(C)CC1)/C=C(\N(C)O)C(F)(F)F. The van der Waals surface area contributed by atoms with Crippen molar-refractivity contribution < 1.29 is 18.4 Å². The molecule has 0 aromatic carbocycles. The zero-order chi connectivity index (χ0) is 14.6. The van der Waals surface area contributed by atoms with Crippen molar-refractivity contribution in [3.05, 3.63) is 23.4 Å². The molecule has 0 spiro atoms. The Bertz CT molecular complexity index is 353. The molecule has 1 aliphatic heterocycles. The molecule has 0 atom stereocenters. The fourth-order valence-electron chi connectivity index (χ4n) is 2.19. The minimum atomic E-state index is -4.55. The van der Waals surface area contributed by atoms with Crippen LogP contribution in [0.15, 0.2) is 23.4 Å². The van der Waals surface area contributed by atoms with E-state index in [2.05, 4.69) is 4.90 Å². The van der Waals surface area contributed by atoms with Gasteiger partial charge in [-0.3, -0.25) is 10.3 Å². The van der Waals surface area contributed by atoms with E-state index in [1.165, 1.54) is 0 Å². The Morgan fingerprint density at radius 2 is 1.84 bits per heavy atom. The predicted octanol–water partition coefficient (Wildman–Crippen LogP) is 3.04. The minimum Gasteiger partial charge on any atom is -0.306 e. The van der Waals surface area contributed by atoms with Crippen molar-refractivity contribution in [3.8, 4) is 0 Å². The van der Waals surface area contributed by atoms with E-state index in [0.717, 1.165) is 39.1 Å². The van der Waals surface area contributed by atoms with Crippen molar-refractivity contribution in [1.29, 1.82) is 0 Å². The number of piperidine rings is 1. The van der Waals surface area contributed by atoms with E-state index in [-0.39, 0.29) is 5.06 Å². The Kier molecular flexibility index (Phi) is 5.43. The Labute approximate surface area is 111 Å². The fraction of sp³-hybridized carbons (Fsp3) is 0.692. The van der Waals surface area contributed by atoms with Crippen molar-refractivity contribution in [2.45, 2.75) is 25.9 Å². The molecule has 0 radical (unpaired) electrons. The number of allylic oxidation sites excluding steroid dienone is 4. The van der Waals surface area contributed by atoms with Crippen LogP contribution in [-0.4, -0.2) is 48.5 Å². The molecule has 1 N–H and O–H groups in total. The number of hydrogen-bond acceptors (Lipinski definition) is 3. The summed E-state index contributed by atoms with van der Waals surface area (Å²) in [5.74, 6) is 0.311. The molecule has 0 aromatic heterocycles. The predicted molar refractivity (Wildman–Crippen MR) is 67.7 cm³/mol. The van der Waals surface area contributed by atoms with Crippen LogP contribution >= 0.6 is 0 Å². The van der Waals surface area contributed by atoms with Gasteiger partial charge >= 0.3 is 6.18 Å². The maximum absolute atomic E-state index is 12.7.